The fourth-order valence-corrected chi connectivity index (χ4v) is 5.92. The molecule has 152 valence electrons. The number of piperazine rings is 1. The minimum absolute atomic E-state index is 0.195. The van der Waals surface area contributed by atoms with Crippen molar-refractivity contribution in [3.63, 3.8) is 0 Å². The van der Waals surface area contributed by atoms with Crippen LogP contribution in [0.2, 0.25) is 0 Å². The van der Waals surface area contributed by atoms with Crippen LogP contribution in [0.4, 0.5) is 0 Å². The van der Waals surface area contributed by atoms with Crippen LogP contribution >= 0.6 is 22.7 Å². The van der Waals surface area contributed by atoms with E-state index in [-0.39, 0.29) is 5.91 Å². The van der Waals surface area contributed by atoms with E-state index in [1.807, 2.05) is 22.4 Å². The molecule has 1 aliphatic heterocycles. The molecule has 1 saturated heterocycles. The molecule has 0 unspecified atom stereocenters. The van der Waals surface area contributed by atoms with Gasteiger partial charge in [0, 0.05) is 31.1 Å². The van der Waals surface area contributed by atoms with E-state index in [0.717, 1.165) is 48.8 Å². The maximum Gasteiger partial charge on any atom is 0.264 e. The van der Waals surface area contributed by atoms with Gasteiger partial charge in [-0.05, 0) is 48.8 Å². The zero-order valence-corrected chi connectivity index (χ0v) is 17.9. The van der Waals surface area contributed by atoms with Crippen LogP contribution < -0.4 is 0 Å². The normalized spacial score (nSPS) is 17.9. The van der Waals surface area contributed by atoms with Crippen LogP contribution in [-0.4, -0.2) is 52.0 Å². The van der Waals surface area contributed by atoms with Gasteiger partial charge in [-0.25, -0.2) is 0 Å². The molecule has 8 heteroatoms. The van der Waals surface area contributed by atoms with Gasteiger partial charge < -0.3 is 9.42 Å². The maximum atomic E-state index is 13.0. The number of hydrogen-bond donors (Lipinski definition) is 0. The Morgan fingerprint density at radius 1 is 1.14 bits per heavy atom. The van der Waals surface area contributed by atoms with Crippen molar-refractivity contribution in [1.82, 2.24) is 19.9 Å². The zero-order valence-electron chi connectivity index (χ0n) is 16.3. The molecular formula is C21H24N4O2S2. The van der Waals surface area contributed by atoms with Gasteiger partial charge in [-0.2, -0.15) is 4.98 Å². The van der Waals surface area contributed by atoms with E-state index in [1.165, 1.54) is 29.7 Å². The van der Waals surface area contributed by atoms with Crippen LogP contribution in [0.5, 0.6) is 0 Å². The first-order valence-electron chi connectivity index (χ1n) is 10.3. The molecule has 0 aromatic carbocycles. The molecule has 1 aliphatic carbocycles. The fourth-order valence-electron chi connectivity index (χ4n) is 4.05. The lowest BCUT2D eigenvalue weighted by molar-refractivity contribution is 0.0619. The summed E-state index contributed by atoms with van der Waals surface area (Å²) in [5.74, 6) is 1.48. The number of nitrogens with zero attached hydrogens (tertiary/aromatic N) is 4. The lowest BCUT2D eigenvalue weighted by atomic mass is 10.1. The van der Waals surface area contributed by atoms with E-state index in [4.69, 9.17) is 4.52 Å². The zero-order chi connectivity index (χ0) is 19.6. The highest BCUT2D eigenvalue weighted by Crippen LogP contribution is 2.30. The fraction of sp³-hybridized carbons (Fsp3) is 0.476. The van der Waals surface area contributed by atoms with Crippen LogP contribution in [0.25, 0.3) is 10.7 Å². The summed E-state index contributed by atoms with van der Waals surface area (Å²) >= 11 is 3.32. The van der Waals surface area contributed by atoms with Gasteiger partial charge in [-0.3, -0.25) is 9.69 Å². The molecule has 0 atom stereocenters. The third-order valence-corrected chi connectivity index (χ3v) is 7.78. The standard InChI is InChI=1S/C21H24N4O2S2/c26-21(18-13-15-5-2-1-3-6-16(15)29-18)25-10-8-24(9-11-25)14-19-22-20(23-27-19)17-7-4-12-28-17/h4,7,12-13H,1-3,5-6,8-11,14H2. The lowest BCUT2D eigenvalue weighted by Crippen LogP contribution is -2.48. The van der Waals surface area contributed by atoms with Gasteiger partial charge in [0.1, 0.15) is 0 Å². The van der Waals surface area contributed by atoms with Gasteiger partial charge in [0.25, 0.3) is 5.91 Å². The molecule has 5 rings (SSSR count). The van der Waals surface area contributed by atoms with Crippen LogP contribution in [0.3, 0.4) is 0 Å². The highest BCUT2D eigenvalue weighted by molar-refractivity contribution is 7.14. The van der Waals surface area contributed by atoms with Crippen molar-refractivity contribution in [2.24, 2.45) is 0 Å². The number of hydrogen-bond acceptors (Lipinski definition) is 7. The van der Waals surface area contributed by atoms with E-state index in [9.17, 15) is 4.79 Å². The second-order valence-corrected chi connectivity index (χ2v) is 9.76. The van der Waals surface area contributed by atoms with Gasteiger partial charge >= 0.3 is 0 Å². The number of rotatable bonds is 4. The van der Waals surface area contributed by atoms with Gasteiger partial charge in [0.15, 0.2) is 0 Å². The summed E-state index contributed by atoms with van der Waals surface area (Å²) in [6.45, 7) is 3.77. The SMILES string of the molecule is O=C(c1cc2c(s1)CCCCC2)N1CCN(Cc2nc(-c3cccs3)no2)CC1. The average molecular weight is 429 g/mol. The number of aryl methyl sites for hydroxylation is 2. The Kier molecular flexibility index (Phi) is 5.48. The second-order valence-electron chi connectivity index (χ2n) is 7.68. The van der Waals surface area contributed by atoms with E-state index in [1.54, 1.807) is 22.7 Å². The first kappa shape index (κ1) is 19.0. The summed E-state index contributed by atoms with van der Waals surface area (Å²) < 4.78 is 5.42. The van der Waals surface area contributed by atoms with Crippen LogP contribution in [0.15, 0.2) is 28.1 Å². The molecule has 2 aliphatic rings. The summed E-state index contributed by atoms with van der Waals surface area (Å²) in [5.41, 5.74) is 1.41. The van der Waals surface area contributed by atoms with Crippen molar-refractivity contribution in [3.8, 4) is 10.7 Å². The Balaban J connectivity index is 1.17. The smallest absolute Gasteiger partial charge is 0.264 e. The number of carbonyl (C=O) groups excluding carboxylic acids is 1. The van der Waals surface area contributed by atoms with Crippen LogP contribution in [0.1, 0.15) is 45.3 Å². The van der Waals surface area contributed by atoms with Gasteiger partial charge in [0.2, 0.25) is 11.7 Å². The van der Waals surface area contributed by atoms with Crippen molar-refractivity contribution in [2.75, 3.05) is 26.2 Å². The lowest BCUT2D eigenvalue weighted by Gasteiger charge is -2.33. The van der Waals surface area contributed by atoms with Gasteiger partial charge in [0.05, 0.1) is 16.3 Å². The molecule has 0 saturated carbocycles. The minimum Gasteiger partial charge on any atom is -0.338 e. The molecule has 3 aromatic heterocycles. The Morgan fingerprint density at radius 2 is 2.00 bits per heavy atom. The van der Waals surface area contributed by atoms with Crippen molar-refractivity contribution in [3.05, 3.63) is 44.8 Å². The third-order valence-electron chi connectivity index (χ3n) is 5.69. The minimum atomic E-state index is 0.195. The van der Waals surface area contributed by atoms with Crippen molar-refractivity contribution in [1.29, 1.82) is 0 Å². The predicted octanol–water partition coefficient (Wildman–Crippen LogP) is 4.09. The summed E-state index contributed by atoms with van der Waals surface area (Å²) in [6, 6.07) is 6.14. The molecule has 0 spiro atoms. The van der Waals surface area contributed by atoms with Gasteiger partial charge in [-0.1, -0.05) is 17.6 Å². The topological polar surface area (TPSA) is 62.5 Å². The van der Waals surface area contributed by atoms with Crippen LogP contribution in [0, 0.1) is 0 Å². The van der Waals surface area contributed by atoms with E-state index in [0.29, 0.717) is 18.3 Å². The summed E-state index contributed by atoms with van der Waals surface area (Å²) in [5, 5.41) is 6.09. The largest absolute Gasteiger partial charge is 0.338 e. The Morgan fingerprint density at radius 3 is 2.83 bits per heavy atom. The van der Waals surface area contributed by atoms with Crippen molar-refractivity contribution in [2.45, 2.75) is 38.6 Å². The summed E-state index contributed by atoms with van der Waals surface area (Å²) in [4.78, 5) is 25.1. The Labute approximate surface area is 178 Å². The van der Waals surface area contributed by atoms with Crippen molar-refractivity contribution < 1.29 is 9.32 Å². The number of carbonyl (C=O) groups is 1. The number of fused-ring (bicyclic) bond motifs is 1. The Hall–Kier alpha value is -2.03. The molecule has 0 N–H and O–H groups in total. The maximum absolute atomic E-state index is 13.0. The molecule has 1 fully saturated rings. The average Bonchev–Trinajstić information content (AvgIpc) is 3.47. The van der Waals surface area contributed by atoms with E-state index < -0.39 is 0 Å². The highest BCUT2D eigenvalue weighted by Gasteiger charge is 2.25. The number of thiophene rings is 2. The number of aromatic nitrogens is 2. The predicted molar refractivity (Wildman–Crippen MR) is 114 cm³/mol. The van der Waals surface area contributed by atoms with Crippen molar-refractivity contribution >= 4 is 28.6 Å². The molecular weight excluding hydrogens is 404 g/mol. The molecule has 3 aromatic rings. The second kappa shape index (κ2) is 8.38. The Bertz CT molecular complexity index is 947. The highest BCUT2D eigenvalue weighted by atomic mass is 32.1. The summed E-state index contributed by atoms with van der Waals surface area (Å²) in [6.07, 6.45) is 6.08. The molecule has 0 bridgehead atoms. The third kappa shape index (κ3) is 4.15. The molecule has 1 amide bonds. The van der Waals surface area contributed by atoms with Crippen LogP contribution in [-0.2, 0) is 19.4 Å². The molecule has 6 nitrogen and oxygen atoms in total. The monoisotopic (exact) mass is 428 g/mol. The van der Waals surface area contributed by atoms with Gasteiger partial charge in [-0.15, -0.1) is 22.7 Å². The van der Waals surface area contributed by atoms with E-state index in [2.05, 4.69) is 21.1 Å². The summed E-state index contributed by atoms with van der Waals surface area (Å²) in [7, 11) is 0. The first-order chi connectivity index (χ1) is 14.3. The first-order valence-corrected chi connectivity index (χ1v) is 12.0. The molecule has 0 radical (unpaired) electrons. The molecule has 4 heterocycles. The number of amides is 1. The quantitative estimate of drug-likeness (QED) is 0.586. The molecule has 29 heavy (non-hydrogen) atoms. The van der Waals surface area contributed by atoms with E-state index >= 15 is 0 Å².